The molecule has 3 aliphatic carbocycles. The lowest BCUT2D eigenvalue weighted by molar-refractivity contribution is -0.145. The molecule has 254 valence electrons. The predicted molar refractivity (Wildman–Crippen MR) is 165 cm³/mol. The van der Waals surface area contributed by atoms with Crippen molar-refractivity contribution in [2.45, 2.75) is 56.0 Å². The Kier molecular flexibility index (Phi) is 9.75. The second-order valence-corrected chi connectivity index (χ2v) is 12.6. The van der Waals surface area contributed by atoms with E-state index in [9.17, 15) is 29.7 Å². The van der Waals surface area contributed by atoms with E-state index in [0.29, 0.717) is 11.1 Å². The molecule has 1 aromatic rings. The fourth-order valence-electron chi connectivity index (χ4n) is 7.43. The Morgan fingerprint density at radius 1 is 1.00 bits per heavy atom. The number of likely N-dealkylation sites (N-methyl/N-ethyl adjacent to an activating group) is 1. The lowest BCUT2D eigenvalue weighted by Gasteiger charge is -2.60. The Hall–Kier alpha value is -3.41. The monoisotopic (exact) mass is 647 g/mol. The average molecular weight is 648 g/mol. The zero-order valence-electron chi connectivity index (χ0n) is 27.2. The molecule has 1 fully saturated rings. The molecule has 46 heavy (non-hydrogen) atoms. The van der Waals surface area contributed by atoms with Gasteiger partial charge in [0.1, 0.15) is 28.3 Å². The second kappa shape index (κ2) is 12.7. The molecule has 0 spiro atoms. The molecule has 0 bridgehead atoms. The Bertz CT molecular complexity index is 1470. The summed E-state index contributed by atoms with van der Waals surface area (Å²) in [5.74, 6) is -4.73. The van der Waals surface area contributed by atoms with Gasteiger partial charge in [0.05, 0.1) is 41.3 Å². The summed E-state index contributed by atoms with van der Waals surface area (Å²) in [5, 5.41) is 34.2. The Labute approximate surface area is 267 Å². The van der Waals surface area contributed by atoms with Crippen molar-refractivity contribution in [1.82, 2.24) is 9.80 Å². The van der Waals surface area contributed by atoms with Crippen LogP contribution >= 0.6 is 0 Å². The minimum absolute atomic E-state index is 0.00491. The van der Waals surface area contributed by atoms with E-state index in [0.717, 1.165) is 0 Å². The maximum absolute atomic E-state index is 14.5. The first-order valence-corrected chi connectivity index (χ1v) is 14.6. The third-order valence-electron chi connectivity index (χ3n) is 9.79. The van der Waals surface area contributed by atoms with E-state index in [1.54, 1.807) is 20.2 Å². The third-order valence-corrected chi connectivity index (χ3v) is 9.79. The van der Waals surface area contributed by atoms with Crippen molar-refractivity contribution in [3.05, 3.63) is 45.7 Å². The zero-order valence-corrected chi connectivity index (χ0v) is 27.2. The molecule has 1 amide bonds. The van der Waals surface area contributed by atoms with Crippen LogP contribution in [-0.2, 0) is 46.3 Å². The molecule has 0 heterocycles. The molecule has 15 nitrogen and oxygen atoms in total. The van der Waals surface area contributed by atoms with E-state index in [2.05, 4.69) is 0 Å². The van der Waals surface area contributed by atoms with Crippen LogP contribution in [0.4, 0.5) is 0 Å². The molecule has 0 unspecified atom stereocenters. The number of aliphatic hydroxyl groups is 2. The zero-order chi connectivity index (χ0) is 34.5. The number of primary amides is 1. The fraction of sp³-hybridized carbons (Fsp3) is 0.581. The second-order valence-electron chi connectivity index (χ2n) is 12.6. The van der Waals surface area contributed by atoms with Gasteiger partial charge in [0, 0.05) is 35.0 Å². The number of rotatable bonds is 12. The maximum Gasteiger partial charge on any atom is 0.255 e. The topological polar surface area (TPSA) is 233 Å². The van der Waals surface area contributed by atoms with E-state index in [4.69, 9.17) is 36.1 Å². The summed E-state index contributed by atoms with van der Waals surface area (Å²) in [6, 6.07) is 1.79. The van der Waals surface area contributed by atoms with Gasteiger partial charge >= 0.3 is 0 Å². The molecule has 15 heteroatoms. The van der Waals surface area contributed by atoms with Gasteiger partial charge in [-0.05, 0) is 51.1 Å². The molecule has 1 saturated carbocycles. The molecule has 0 saturated heterocycles. The summed E-state index contributed by atoms with van der Waals surface area (Å²) in [4.78, 5) is 43.9. The number of nitrogens with zero attached hydrogens (tertiary/aromatic N) is 2. The highest BCUT2D eigenvalue weighted by molar-refractivity contribution is 6.25. The third kappa shape index (κ3) is 5.30. The SMILES string of the molecule is COC(CN(Cc1ccc(O)c2c1C[C@@]1(N)C[C@@]3(N)[C@H](N(C)C)C(=O)C(C(N)=O)=C(O)[C@@]3(C)C(=O)C1=C2O)CC(OC)OC)OC. The number of aliphatic hydroxyl groups excluding tert-OH is 2. The van der Waals surface area contributed by atoms with Gasteiger partial charge in [0.15, 0.2) is 24.1 Å². The number of benzene rings is 1. The van der Waals surface area contributed by atoms with Crippen molar-refractivity contribution >= 4 is 23.2 Å². The van der Waals surface area contributed by atoms with Crippen LogP contribution in [0.15, 0.2) is 29.0 Å². The van der Waals surface area contributed by atoms with Gasteiger partial charge in [0.2, 0.25) is 0 Å². The number of Topliss-reactive ketones (excluding diaryl/α,β-unsaturated/α-hetero) is 2. The van der Waals surface area contributed by atoms with Crippen LogP contribution < -0.4 is 17.2 Å². The van der Waals surface area contributed by atoms with E-state index in [1.165, 1.54) is 46.3 Å². The van der Waals surface area contributed by atoms with Crippen molar-refractivity contribution in [3.8, 4) is 5.75 Å². The van der Waals surface area contributed by atoms with Crippen LogP contribution in [0.3, 0.4) is 0 Å². The van der Waals surface area contributed by atoms with Crippen LogP contribution in [0.2, 0.25) is 0 Å². The molecule has 4 rings (SSSR count). The standard InChI is InChI=1S/C31H45N5O10/c1-29-26(40)21(28(32)42)24(39)25(35(2)3)31(29,34)14-30(33)10-16-15(8-9-17(37)20(16)23(38)22(30)27(29)41)11-36(12-18(43-4)44-5)13-19(45-6)46-7/h8-9,18-19,25,37-38,40H,10-14,33-34H2,1-7H3,(H2,32,42)/t25-,29+,30-,31-/m1/s1. The lowest BCUT2D eigenvalue weighted by atomic mass is 9.47. The number of hydrogen-bond donors (Lipinski definition) is 6. The van der Waals surface area contributed by atoms with Crippen LogP contribution in [0.5, 0.6) is 5.75 Å². The lowest BCUT2D eigenvalue weighted by Crippen LogP contribution is -2.79. The van der Waals surface area contributed by atoms with Crippen molar-refractivity contribution < 1.29 is 48.7 Å². The van der Waals surface area contributed by atoms with E-state index in [-0.39, 0.29) is 49.4 Å². The van der Waals surface area contributed by atoms with Crippen LogP contribution in [0, 0.1) is 5.41 Å². The van der Waals surface area contributed by atoms with Crippen LogP contribution in [-0.4, -0.2) is 128 Å². The summed E-state index contributed by atoms with van der Waals surface area (Å²) >= 11 is 0. The van der Waals surface area contributed by atoms with Gasteiger partial charge < -0.3 is 51.5 Å². The summed E-state index contributed by atoms with van der Waals surface area (Å²) in [5.41, 5.74) is 14.1. The minimum atomic E-state index is -2.08. The van der Waals surface area contributed by atoms with Gasteiger partial charge in [-0.2, -0.15) is 0 Å². The molecule has 0 aliphatic heterocycles. The molecular formula is C31H45N5O10. The highest BCUT2D eigenvalue weighted by Gasteiger charge is 2.71. The number of ether oxygens (including phenoxy) is 4. The van der Waals surface area contributed by atoms with E-state index in [1.807, 2.05) is 4.90 Å². The van der Waals surface area contributed by atoms with Crippen molar-refractivity contribution in [2.24, 2.45) is 22.6 Å². The molecule has 0 aromatic heterocycles. The Morgan fingerprint density at radius 3 is 2.02 bits per heavy atom. The summed E-state index contributed by atoms with van der Waals surface area (Å²) < 4.78 is 21.7. The number of carbonyl (C=O) groups is 3. The average Bonchev–Trinajstić information content (AvgIpc) is 2.97. The number of phenols is 1. The first-order valence-electron chi connectivity index (χ1n) is 14.6. The summed E-state index contributed by atoms with van der Waals surface area (Å²) in [7, 11) is 9.14. The molecule has 1 aromatic carbocycles. The number of nitrogens with two attached hydrogens (primary N) is 3. The van der Waals surface area contributed by atoms with Crippen LogP contribution in [0.25, 0.3) is 5.76 Å². The highest BCUT2D eigenvalue weighted by atomic mass is 16.7. The van der Waals surface area contributed by atoms with E-state index >= 15 is 0 Å². The largest absolute Gasteiger partial charge is 0.510 e. The number of fused-ring (bicyclic) bond motifs is 3. The van der Waals surface area contributed by atoms with Gasteiger partial charge in [-0.1, -0.05) is 6.07 Å². The number of amides is 1. The summed E-state index contributed by atoms with van der Waals surface area (Å²) in [6.07, 6.45) is -1.55. The Balaban J connectivity index is 1.92. The van der Waals surface area contributed by atoms with Crippen molar-refractivity contribution in [2.75, 3.05) is 55.6 Å². The maximum atomic E-state index is 14.5. The number of aromatic hydroxyl groups is 1. The van der Waals surface area contributed by atoms with Gasteiger partial charge in [-0.25, -0.2) is 0 Å². The van der Waals surface area contributed by atoms with Crippen molar-refractivity contribution in [1.29, 1.82) is 0 Å². The Morgan fingerprint density at radius 2 is 1.54 bits per heavy atom. The molecule has 9 N–H and O–H groups in total. The number of ketones is 2. The van der Waals surface area contributed by atoms with Crippen LogP contribution in [0.1, 0.15) is 30.0 Å². The smallest absolute Gasteiger partial charge is 0.255 e. The number of methoxy groups -OCH3 is 4. The first kappa shape index (κ1) is 35.4. The summed E-state index contributed by atoms with van der Waals surface area (Å²) in [6.45, 7) is 2.12. The van der Waals surface area contributed by atoms with Gasteiger partial charge in [-0.15, -0.1) is 0 Å². The normalized spacial score (nSPS) is 28.0. The molecular weight excluding hydrogens is 602 g/mol. The van der Waals surface area contributed by atoms with Gasteiger partial charge in [-0.3, -0.25) is 24.2 Å². The minimum Gasteiger partial charge on any atom is -0.510 e. The number of hydrogen-bond acceptors (Lipinski definition) is 14. The number of phenolic OH excluding ortho intramolecular Hbond substituents is 1. The molecule has 0 radical (unpaired) electrons. The van der Waals surface area contributed by atoms with Crippen molar-refractivity contribution in [3.63, 3.8) is 0 Å². The molecule has 4 atom stereocenters. The highest BCUT2D eigenvalue weighted by Crippen LogP contribution is 2.58. The number of carbonyl (C=O) groups excluding carboxylic acids is 3. The predicted octanol–water partition coefficient (Wildman–Crippen LogP) is -0.558. The quantitative estimate of drug-likeness (QED) is 0.123. The first-order chi connectivity index (χ1) is 21.5. The molecule has 3 aliphatic rings. The van der Waals surface area contributed by atoms with Gasteiger partial charge in [0.25, 0.3) is 5.91 Å². The fourth-order valence-corrected chi connectivity index (χ4v) is 7.43. The van der Waals surface area contributed by atoms with E-state index < -0.39 is 69.7 Å².